The minimum atomic E-state index is -0.121. The predicted octanol–water partition coefficient (Wildman–Crippen LogP) is 4.45. The molecule has 30 heavy (non-hydrogen) atoms. The number of nitriles is 1. The molecule has 3 aromatic rings. The summed E-state index contributed by atoms with van der Waals surface area (Å²) in [6.45, 7) is 0.545. The first-order chi connectivity index (χ1) is 14.5. The van der Waals surface area contributed by atoms with Crippen molar-refractivity contribution >= 4 is 11.6 Å². The Bertz CT molecular complexity index is 1160. The van der Waals surface area contributed by atoms with Crippen molar-refractivity contribution in [1.29, 1.82) is 5.26 Å². The lowest BCUT2D eigenvalue weighted by atomic mass is 9.68. The van der Waals surface area contributed by atoms with Gasteiger partial charge in [0.15, 0.2) is 0 Å². The highest BCUT2D eigenvalue weighted by molar-refractivity contribution is 6.30. The summed E-state index contributed by atoms with van der Waals surface area (Å²) < 4.78 is 1.60. The molecular formula is C24H23ClN4O. The van der Waals surface area contributed by atoms with Gasteiger partial charge in [0.2, 0.25) is 0 Å². The van der Waals surface area contributed by atoms with Gasteiger partial charge in [0.1, 0.15) is 0 Å². The van der Waals surface area contributed by atoms with Crippen molar-refractivity contribution in [2.24, 2.45) is 5.73 Å². The van der Waals surface area contributed by atoms with Crippen LogP contribution in [-0.4, -0.2) is 16.3 Å². The van der Waals surface area contributed by atoms with Crippen molar-refractivity contribution in [2.75, 3.05) is 6.54 Å². The SMILES string of the molecule is N#Cc1cccc(-c2ccc(=O)n(C3CCC(CN)(c4cccc(Cl)c4)CC3)n2)c1. The summed E-state index contributed by atoms with van der Waals surface area (Å²) in [5, 5.41) is 14.5. The van der Waals surface area contributed by atoms with Crippen LogP contribution in [0.15, 0.2) is 65.5 Å². The van der Waals surface area contributed by atoms with E-state index in [1.54, 1.807) is 28.9 Å². The van der Waals surface area contributed by atoms with Crippen LogP contribution in [0.25, 0.3) is 11.3 Å². The second kappa shape index (κ2) is 8.43. The molecule has 1 fully saturated rings. The lowest BCUT2D eigenvalue weighted by Gasteiger charge is -2.40. The van der Waals surface area contributed by atoms with Crippen molar-refractivity contribution in [2.45, 2.75) is 37.1 Å². The van der Waals surface area contributed by atoms with Gasteiger partial charge in [-0.1, -0.05) is 35.9 Å². The highest BCUT2D eigenvalue weighted by Crippen LogP contribution is 2.42. The van der Waals surface area contributed by atoms with Gasteiger partial charge in [-0.3, -0.25) is 4.79 Å². The number of hydrogen-bond acceptors (Lipinski definition) is 4. The van der Waals surface area contributed by atoms with E-state index in [1.807, 2.05) is 30.3 Å². The molecule has 1 aromatic heterocycles. The highest BCUT2D eigenvalue weighted by atomic mass is 35.5. The predicted molar refractivity (Wildman–Crippen MR) is 118 cm³/mol. The summed E-state index contributed by atoms with van der Waals surface area (Å²) in [5.41, 5.74) is 9.23. The summed E-state index contributed by atoms with van der Waals surface area (Å²) in [5.74, 6) is 0. The lowest BCUT2D eigenvalue weighted by Crippen LogP contribution is -2.41. The second-order valence-electron chi connectivity index (χ2n) is 7.92. The summed E-state index contributed by atoms with van der Waals surface area (Å²) in [6, 6.07) is 20.6. The fourth-order valence-corrected chi connectivity index (χ4v) is 4.61. The molecular weight excluding hydrogens is 396 g/mol. The largest absolute Gasteiger partial charge is 0.330 e. The molecule has 152 valence electrons. The Labute approximate surface area is 180 Å². The van der Waals surface area contributed by atoms with Gasteiger partial charge in [-0.2, -0.15) is 10.4 Å². The molecule has 0 bridgehead atoms. The van der Waals surface area contributed by atoms with E-state index < -0.39 is 0 Å². The van der Waals surface area contributed by atoms with Crippen LogP contribution in [-0.2, 0) is 5.41 Å². The third-order valence-electron chi connectivity index (χ3n) is 6.20. The van der Waals surface area contributed by atoms with Crippen LogP contribution in [0.1, 0.15) is 42.9 Å². The molecule has 1 saturated carbocycles. The van der Waals surface area contributed by atoms with Crippen LogP contribution in [0.4, 0.5) is 0 Å². The Morgan fingerprint density at radius 1 is 1.13 bits per heavy atom. The van der Waals surface area contributed by atoms with Gasteiger partial charge < -0.3 is 5.73 Å². The average molecular weight is 419 g/mol. The molecule has 2 aromatic carbocycles. The molecule has 1 heterocycles. The summed E-state index contributed by atoms with van der Waals surface area (Å²) >= 11 is 6.21. The Morgan fingerprint density at radius 3 is 2.60 bits per heavy atom. The van der Waals surface area contributed by atoms with Gasteiger partial charge in [-0.25, -0.2) is 4.68 Å². The molecule has 0 atom stereocenters. The Kier molecular flexibility index (Phi) is 5.72. The van der Waals surface area contributed by atoms with E-state index in [4.69, 9.17) is 22.6 Å². The number of rotatable bonds is 4. The third-order valence-corrected chi connectivity index (χ3v) is 6.43. The zero-order chi connectivity index (χ0) is 21.1. The summed E-state index contributed by atoms with van der Waals surface area (Å²) in [6.07, 6.45) is 3.38. The van der Waals surface area contributed by atoms with Crippen LogP contribution in [0.5, 0.6) is 0 Å². The number of nitrogens with zero attached hydrogens (tertiary/aromatic N) is 3. The molecule has 0 unspecified atom stereocenters. The quantitative estimate of drug-likeness (QED) is 0.678. The maximum Gasteiger partial charge on any atom is 0.267 e. The number of hydrogen-bond donors (Lipinski definition) is 1. The third kappa shape index (κ3) is 3.89. The Balaban J connectivity index is 1.60. The van der Waals surface area contributed by atoms with Crippen molar-refractivity contribution in [3.63, 3.8) is 0 Å². The fourth-order valence-electron chi connectivity index (χ4n) is 4.42. The van der Waals surface area contributed by atoms with Crippen LogP contribution in [0, 0.1) is 11.3 Å². The van der Waals surface area contributed by atoms with Gasteiger partial charge >= 0.3 is 0 Å². The van der Waals surface area contributed by atoms with Gasteiger partial charge in [0, 0.05) is 28.6 Å². The Hall–Kier alpha value is -2.94. The number of halogens is 1. The van der Waals surface area contributed by atoms with Crippen LogP contribution in [0.2, 0.25) is 5.02 Å². The van der Waals surface area contributed by atoms with Gasteiger partial charge in [0.05, 0.1) is 23.4 Å². The molecule has 0 amide bonds. The minimum absolute atomic E-state index is 0.0236. The van der Waals surface area contributed by atoms with Gasteiger partial charge in [-0.15, -0.1) is 0 Å². The summed E-state index contributed by atoms with van der Waals surface area (Å²) in [4.78, 5) is 12.6. The molecule has 5 nitrogen and oxygen atoms in total. The van der Waals surface area contributed by atoms with E-state index in [-0.39, 0.29) is 17.0 Å². The first kappa shape index (κ1) is 20.3. The van der Waals surface area contributed by atoms with Crippen LogP contribution >= 0.6 is 11.6 Å². The van der Waals surface area contributed by atoms with E-state index in [2.05, 4.69) is 17.2 Å². The van der Waals surface area contributed by atoms with Crippen molar-refractivity contribution < 1.29 is 0 Å². The lowest BCUT2D eigenvalue weighted by molar-refractivity contribution is 0.222. The zero-order valence-corrected chi connectivity index (χ0v) is 17.3. The normalized spacial score (nSPS) is 21.2. The van der Waals surface area contributed by atoms with Crippen LogP contribution in [0.3, 0.4) is 0 Å². The first-order valence-electron chi connectivity index (χ1n) is 10.1. The molecule has 6 heteroatoms. The monoisotopic (exact) mass is 418 g/mol. The number of aromatic nitrogens is 2. The van der Waals surface area contributed by atoms with E-state index in [0.717, 1.165) is 31.2 Å². The van der Waals surface area contributed by atoms with Crippen molar-refractivity contribution in [3.8, 4) is 17.3 Å². The standard InChI is InChI=1S/C24H23ClN4O/c25-20-6-2-5-19(14-20)24(16-27)11-9-21(10-12-24)29-23(30)8-7-22(28-29)18-4-1-3-17(13-18)15-26/h1-8,13-14,21H,9-12,16,27H2. The average Bonchev–Trinajstić information content (AvgIpc) is 2.79. The van der Waals surface area contributed by atoms with E-state index in [1.165, 1.54) is 5.56 Å². The number of nitrogens with two attached hydrogens (primary N) is 1. The topological polar surface area (TPSA) is 84.7 Å². The smallest absolute Gasteiger partial charge is 0.267 e. The Morgan fingerprint density at radius 2 is 1.90 bits per heavy atom. The zero-order valence-electron chi connectivity index (χ0n) is 16.6. The second-order valence-corrected chi connectivity index (χ2v) is 8.36. The molecule has 0 aliphatic heterocycles. The molecule has 0 saturated heterocycles. The molecule has 0 spiro atoms. The minimum Gasteiger partial charge on any atom is -0.330 e. The maximum atomic E-state index is 12.6. The van der Waals surface area contributed by atoms with Crippen molar-refractivity contribution in [3.05, 3.63) is 87.2 Å². The highest BCUT2D eigenvalue weighted by Gasteiger charge is 2.37. The van der Waals surface area contributed by atoms with Crippen LogP contribution < -0.4 is 11.3 Å². The number of benzene rings is 2. The van der Waals surface area contributed by atoms with Gasteiger partial charge in [0.25, 0.3) is 5.56 Å². The summed E-state index contributed by atoms with van der Waals surface area (Å²) in [7, 11) is 0. The first-order valence-corrected chi connectivity index (χ1v) is 10.5. The molecule has 2 N–H and O–H groups in total. The van der Waals surface area contributed by atoms with Gasteiger partial charge in [-0.05, 0) is 61.6 Å². The van der Waals surface area contributed by atoms with E-state index in [9.17, 15) is 4.79 Å². The molecule has 1 aliphatic rings. The van der Waals surface area contributed by atoms with Crippen molar-refractivity contribution in [1.82, 2.24) is 9.78 Å². The maximum absolute atomic E-state index is 12.6. The molecule has 0 radical (unpaired) electrons. The van der Waals surface area contributed by atoms with E-state index in [0.29, 0.717) is 22.8 Å². The molecule has 4 rings (SSSR count). The van der Waals surface area contributed by atoms with E-state index >= 15 is 0 Å². The molecule has 1 aliphatic carbocycles. The fraction of sp³-hybridized carbons (Fsp3) is 0.292.